The third kappa shape index (κ3) is 3.66. The fourth-order valence-corrected chi connectivity index (χ4v) is 2.43. The van der Waals surface area contributed by atoms with E-state index in [-0.39, 0.29) is 18.4 Å². The number of alkyl halides is 6. The van der Waals surface area contributed by atoms with Crippen molar-refractivity contribution in [2.45, 2.75) is 43.7 Å². The van der Waals surface area contributed by atoms with Crippen LogP contribution < -0.4 is 5.32 Å². The summed E-state index contributed by atoms with van der Waals surface area (Å²) in [6.07, 6.45) is -8.76. The molecule has 2 atom stereocenters. The van der Waals surface area contributed by atoms with Gasteiger partial charge < -0.3 is 0 Å². The Morgan fingerprint density at radius 1 is 1.00 bits per heavy atom. The van der Waals surface area contributed by atoms with Gasteiger partial charge in [0.25, 0.3) is 0 Å². The smallest absolute Gasteiger partial charge is 0.299 e. The Morgan fingerprint density at radius 2 is 1.67 bits per heavy atom. The fourth-order valence-electron chi connectivity index (χ4n) is 2.43. The maximum atomic E-state index is 13.5. The Morgan fingerprint density at radius 3 is 2.19 bits per heavy atom. The first kappa shape index (κ1) is 16.1. The van der Waals surface area contributed by atoms with Gasteiger partial charge in [0, 0.05) is 6.04 Å². The van der Waals surface area contributed by atoms with Crippen LogP contribution in [0.1, 0.15) is 36.4 Å². The zero-order chi connectivity index (χ0) is 15.8. The largest absolute Gasteiger partial charge is 0.419 e. The molecule has 1 fully saturated rings. The number of piperidine rings is 1. The summed E-state index contributed by atoms with van der Waals surface area (Å²) >= 11 is 0. The topological polar surface area (TPSA) is 12.0 Å². The molecule has 1 aromatic rings. The molecule has 0 saturated carbocycles. The molecule has 0 radical (unpaired) electrons. The number of hydrogen-bond donors (Lipinski definition) is 1. The summed E-state index contributed by atoms with van der Waals surface area (Å²) in [5.74, 6) is -1.48. The van der Waals surface area contributed by atoms with Crippen molar-refractivity contribution in [1.82, 2.24) is 5.32 Å². The molecule has 0 amide bonds. The summed E-state index contributed by atoms with van der Waals surface area (Å²) in [6, 6.07) is -0.297. The molecular formula is C13H12F7N. The van der Waals surface area contributed by atoms with Crippen LogP contribution in [0.4, 0.5) is 30.7 Å². The van der Waals surface area contributed by atoms with E-state index in [2.05, 4.69) is 5.32 Å². The Kier molecular flexibility index (Phi) is 4.19. The van der Waals surface area contributed by atoms with Crippen LogP contribution in [0.5, 0.6) is 0 Å². The molecule has 0 aromatic heterocycles. The molecule has 1 aliphatic rings. The average molecular weight is 315 g/mol. The monoisotopic (exact) mass is 315 g/mol. The van der Waals surface area contributed by atoms with Crippen molar-refractivity contribution < 1.29 is 30.7 Å². The van der Waals surface area contributed by atoms with E-state index in [1.807, 2.05) is 0 Å². The highest BCUT2D eigenvalue weighted by atomic mass is 19.4. The Hall–Kier alpha value is -1.31. The predicted octanol–water partition coefficient (Wildman–Crippen LogP) is 4.59. The van der Waals surface area contributed by atoms with E-state index in [1.165, 1.54) is 0 Å². The van der Waals surface area contributed by atoms with Crippen molar-refractivity contribution in [2.75, 3.05) is 0 Å². The third-order valence-electron chi connectivity index (χ3n) is 3.48. The highest BCUT2D eigenvalue weighted by Crippen LogP contribution is 2.36. The Bertz CT molecular complexity index is 506. The second kappa shape index (κ2) is 5.47. The summed E-state index contributed by atoms with van der Waals surface area (Å²) < 4.78 is 88.7. The van der Waals surface area contributed by atoms with Crippen LogP contribution in [-0.4, -0.2) is 12.2 Å². The van der Waals surface area contributed by atoms with Gasteiger partial charge in [-0.2, -0.15) is 26.3 Å². The zero-order valence-electron chi connectivity index (χ0n) is 10.7. The van der Waals surface area contributed by atoms with Gasteiger partial charge in [-0.3, -0.25) is 5.32 Å². The normalized spacial score (nSPS) is 24.1. The maximum absolute atomic E-state index is 13.5. The minimum Gasteiger partial charge on any atom is -0.299 e. The van der Waals surface area contributed by atoms with Crippen LogP contribution in [0.15, 0.2) is 18.2 Å². The van der Waals surface area contributed by atoms with Crippen LogP contribution in [-0.2, 0) is 6.18 Å². The van der Waals surface area contributed by atoms with Gasteiger partial charge in [-0.25, -0.2) is 4.39 Å². The van der Waals surface area contributed by atoms with Gasteiger partial charge in [0.15, 0.2) is 0 Å². The average Bonchev–Trinajstić information content (AvgIpc) is 2.36. The molecule has 21 heavy (non-hydrogen) atoms. The van der Waals surface area contributed by atoms with Crippen LogP contribution >= 0.6 is 0 Å². The predicted molar refractivity (Wildman–Crippen MR) is 61.0 cm³/mol. The van der Waals surface area contributed by atoms with E-state index in [1.54, 1.807) is 0 Å². The Labute approximate surface area is 116 Å². The molecule has 0 bridgehead atoms. The molecule has 2 unspecified atom stereocenters. The van der Waals surface area contributed by atoms with Gasteiger partial charge in [0.2, 0.25) is 0 Å². The lowest BCUT2D eigenvalue weighted by Gasteiger charge is -2.32. The quantitative estimate of drug-likeness (QED) is 0.748. The lowest BCUT2D eigenvalue weighted by molar-refractivity contribution is -0.163. The summed E-state index contributed by atoms with van der Waals surface area (Å²) in [5, 5.41) is 2.32. The van der Waals surface area contributed by atoms with Crippen LogP contribution in [0.3, 0.4) is 0 Å². The van der Waals surface area contributed by atoms with E-state index in [4.69, 9.17) is 0 Å². The molecule has 1 saturated heterocycles. The molecule has 0 spiro atoms. The van der Waals surface area contributed by atoms with Crippen molar-refractivity contribution in [2.24, 2.45) is 0 Å². The second-order valence-corrected chi connectivity index (χ2v) is 4.98. The summed E-state index contributed by atoms with van der Waals surface area (Å²) in [7, 11) is 0. The van der Waals surface area contributed by atoms with Gasteiger partial charge >= 0.3 is 12.4 Å². The van der Waals surface area contributed by atoms with Gasteiger partial charge in [0.1, 0.15) is 11.9 Å². The van der Waals surface area contributed by atoms with E-state index in [0.29, 0.717) is 18.6 Å². The molecule has 118 valence electrons. The maximum Gasteiger partial charge on any atom is 0.419 e. The minimum absolute atomic E-state index is 0.0921. The molecule has 1 aromatic carbocycles. The molecule has 8 heteroatoms. The number of nitrogens with one attached hydrogen (secondary N) is 1. The number of rotatable bonds is 1. The van der Waals surface area contributed by atoms with Crippen molar-refractivity contribution in [3.05, 3.63) is 35.1 Å². The fraction of sp³-hybridized carbons (Fsp3) is 0.538. The molecule has 1 heterocycles. The van der Waals surface area contributed by atoms with Crippen molar-refractivity contribution in [3.8, 4) is 0 Å². The van der Waals surface area contributed by atoms with E-state index in [0.717, 1.165) is 6.07 Å². The second-order valence-electron chi connectivity index (χ2n) is 4.98. The third-order valence-corrected chi connectivity index (χ3v) is 3.48. The SMILES string of the molecule is Fc1cc(C2CCCC(C(F)(F)F)N2)ccc1C(F)(F)F. The Balaban J connectivity index is 2.21. The summed E-state index contributed by atoms with van der Waals surface area (Å²) in [6.45, 7) is 0. The van der Waals surface area contributed by atoms with Crippen molar-refractivity contribution in [1.29, 1.82) is 0 Å². The van der Waals surface area contributed by atoms with Gasteiger partial charge in [-0.15, -0.1) is 0 Å². The molecule has 1 aliphatic heterocycles. The highest BCUT2D eigenvalue weighted by molar-refractivity contribution is 5.29. The first-order chi connectivity index (χ1) is 9.59. The first-order valence-corrected chi connectivity index (χ1v) is 6.28. The number of halogens is 7. The molecule has 1 N–H and O–H groups in total. The van der Waals surface area contributed by atoms with Crippen LogP contribution in [0, 0.1) is 5.82 Å². The molecule has 1 nitrogen and oxygen atoms in total. The van der Waals surface area contributed by atoms with E-state index in [9.17, 15) is 30.7 Å². The zero-order valence-corrected chi connectivity index (χ0v) is 10.7. The lowest BCUT2D eigenvalue weighted by Crippen LogP contribution is -2.46. The van der Waals surface area contributed by atoms with Crippen molar-refractivity contribution in [3.63, 3.8) is 0 Å². The van der Waals surface area contributed by atoms with E-state index < -0.39 is 35.8 Å². The molecule has 0 aliphatic carbocycles. The molecular weight excluding hydrogens is 303 g/mol. The van der Waals surface area contributed by atoms with Crippen molar-refractivity contribution >= 4 is 0 Å². The summed E-state index contributed by atoms with van der Waals surface area (Å²) in [4.78, 5) is 0. The van der Waals surface area contributed by atoms with Gasteiger partial charge in [-0.05, 0) is 37.0 Å². The standard InChI is InChI=1S/C13H12F7N/c14-9-6-7(4-5-8(9)12(15,16)17)10-2-1-3-11(21-10)13(18,19)20/h4-6,10-11,21H,1-3H2. The lowest BCUT2D eigenvalue weighted by atomic mass is 9.92. The number of benzene rings is 1. The minimum atomic E-state index is -4.82. The van der Waals surface area contributed by atoms with Crippen LogP contribution in [0.2, 0.25) is 0 Å². The van der Waals surface area contributed by atoms with Gasteiger partial charge in [0.05, 0.1) is 5.56 Å². The highest BCUT2D eigenvalue weighted by Gasteiger charge is 2.42. The molecule has 2 rings (SSSR count). The van der Waals surface area contributed by atoms with E-state index >= 15 is 0 Å². The number of hydrogen-bond acceptors (Lipinski definition) is 1. The van der Waals surface area contributed by atoms with Gasteiger partial charge in [-0.1, -0.05) is 6.07 Å². The first-order valence-electron chi connectivity index (χ1n) is 6.28. The summed E-state index contributed by atoms with van der Waals surface area (Å²) in [5.41, 5.74) is -1.33. The van der Waals surface area contributed by atoms with Crippen LogP contribution in [0.25, 0.3) is 0 Å².